The molecule has 1 atom stereocenters. The van der Waals surface area contributed by atoms with E-state index < -0.39 is 0 Å². The average molecular weight is 402 g/mol. The molecule has 30 heavy (non-hydrogen) atoms. The highest BCUT2D eigenvalue weighted by Gasteiger charge is 2.17. The highest BCUT2D eigenvalue weighted by Crippen LogP contribution is 2.29. The summed E-state index contributed by atoms with van der Waals surface area (Å²) in [5.41, 5.74) is 5.01. The van der Waals surface area contributed by atoms with E-state index >= 15 is 0 Å². The summed E-state index contributed by atoms with van der Waals surface area (Å²) in [6.07, 6.45) is 5.05. The fourth-order valence-corrected chi connectivity index (χ4v) is 3.71. The lowest BCUT2D eigenvalue weighted by atomic mass is 10.0. The molecular formula is C24H26N4O2. The molecule has 0 saturated heterocycles. The Kier molecular flexibility index (Phi) is 5.65. The van der Waals surface area contributed by atoms with Crippen LogP contribution in [0.2, 0.25) is 0 Å². The molecule has 3 aromatic heterocycles. The number of nitrogens with zero attached hydrogens (tertiary/aromatic N) is 3. The summed E-state index contributed by atoms with van der Waals surface area (Å²) in [6, 6.07) is 14.3. The summed E-state index contributed by atoms with van der Waals surface area (Å²) in [7, 11) is 0. The van der Waals surface area contributed by atoms with E-state index in [0.717, 1.165) is 46.5 Å². The second-order valence-electron chi connectivity index (χ2n) is 7.75. The first-order valence-electron chi connectivity index (χ1n) is 10.2. The summed E-state index contributed by atoms with van der Waals surface area (Å²) in [5, 5.41) is 8.64. The molecule has 4 rings (SSSR count). The number of rotatable bonds is 7. The number of aryl methyl sites for hydroxylation is 3. The van der Waals surface area contributed by atoms with Crippen LogP contribution in [0.15, 0.2) is 59.3 Å². The predicted octanol–water partition coefficient (Wildman–Crippen LogP) is 4.45. The first-order chi connectivity index (χ1) is 14.5. The van der Waals surface area contributed by atoms with E-state index in [9.17, 15) is 4.79 Å². The number of hydrogen-bond acceptors (Lipinski definition) is 4. The highest BCUT2D eigenvalue weighted by molar-refractivity contribution is 5.95. The fraction of sp³-hybridized carbons (Fsp3) is 0.292. The summed E-state index contributed by atoms with van der Waals surface area (Å²) in [6.45, 7) is 6.17. The minimum atomic E-state index is -0.0751. The number of amides is 1. The number of nitrogens with one attached hydrogen (secondary N) is 1. The number of aromatic nitrogens is 3. The Hall–Kier alpha value is -3.41. The maximum atomic E-state index is 12.6. The molecule has 1 aromatic carbocycles. The van der Waals surface area contributed by atoms with Gasteiger partial charge in [-0.2, -0.15) is 5.10 Å². The molecule has 0 fully saturated rings. The zero-order chi connectivity index (χ0) is 21.1. The van der Waals surface area contributed by atoms with Crippen molar-refractivity contribution >= 4 is 16.9 Å². The molecule has 1 amide bonds. The van der Waals surface area contributed by atoms with Gasteiger partial charge in [0.05, 0.1) is 12.0 Å². The molecular weight excluding hydrogens is 376 g/mol. The normalized spacial score (nSPS) is 12.2. The van der Waals surface area contributed by atoms with Gasteiger partial charge in [0.1, 0.15) is 12.3 Å². The molecule has 1 N–H and O–H groups in total. The molecule has 6 heteroatoms. The molecule has 3 heterocycles. The van der Waals surface area contributed by atoms with Gasteiger partial charge in [-0.25, -0.2) is 9.67 Å². The molecule has 0 radical (unpaired) electrons. The Labute approximate surface area is 175 Å². The van der Waals surface area contributed by atoms with Gasteiger partial charge < -0.3 is 9.73 Å². The Bertz CT molecular complexity index is 1140. The van der Waals surface area contributed by atoms with E-state index in [2.05, 4.69) is 46.6 Å². The van der Waals surface area contributed by atoms with Crippen molar-refractivity contribution in [2.45, 2.75) is 46.2 Å². The van der Waals surface area contributed by atoms with Crippen LogP contribution in [0, 0.1) is 13.8 Å². The molecule has 0 bridgehead atoms. The molecule has 0 saturated carbocycles. The number of fused-ring (bicyclic) bond motifs is 1. The Balaban J connectivity index is 1.50. The van der Waals surface area contributed by atoms with E-state index in [-0.39, 0.29) is 18.5 Å². The van der Waals surface area contributed by atoms with Crippen LogP contribution in [-0.2, 0) is 17.8 Å². The summed E-state index contributed by atoms with van der Waals surface area (Å²) in [4.78, 5) is 17.1. The molecule has 1 unspecified atom stereocenters. The molecule has 154 valence electrons. The van der Waals surface area contributed by atoms with Crippen molar-refractivity contribution in [2.24, 2.45) is 0 Å². The monoisotopic (exact) mass is 402 g/mol. The number of furan rings is 1. The lowest BCUT2D eigenvalue weighted by Crippen LogP contribution is -2.35. The maximum Gasteiger partial charge on any atom is 0.242 e. The SMILES string of the molecule is Cc1ccc(-c2ccnc3c2c(C)nn3CC(=O)NC(C)CCc2ccco2)cc1. The Morgan fingerprint density at radius 3 is 2.70 bits per heavy atom. The van der Waals surface area contributed by atoms with Crippen LogP contribution >= 0.6 is 0 Å². The van der Waals surface area contributed by atoms with Crippen molar-refractivity contribution in [3.8, 4) is 11.1 Å². The van der Waals surface area contributed by atoms with E-state index in [1.807, 2.05) is 32.0 Å². The van der Waals surface area contributed by atoms with E-state index in [1.165, 1.54) is 5.56 Å². The van der Waals surface area contributed by atoms with Gasteiger partial charge in [-0.1, -0.05) is 29.8 Å². The third kappa shape index (κ3) is 4.27. The van der Waals surface area contributed by atoms with Gasteiger partial charge >= 0.3 is 0 Å². The van der Waals surface area contributed by atoms with Gasteiger partial charge in [0, 0.05) is 24.0 Å². The number of benzene rings is 1. The lowest BCUT2D eigenvalue weighted by molar-refractivity contribution is -0.122. The molecule has 0 aliphatic carbocycles. The zero-order valence-electron chi connectivity index (χ0n) is 17.6. The lowest BCUT2D eigenvalue weighted by Gasteiger charge is -2.13. The Morgan fingerprint density at radius 2 is 1.97 bits per heavy atom. The first-order valence-corrected chi connectivity index (χ1v) is 10.2. The van der Waals surface area contributed by atoms with Gasteiger partial charge in [0.2, 0.25) is 5.91 Å². The van der Waals surface area contributed by atoms with Crippen molar-refractivity contribution < 1.29 is 9.21 Å². The van der Waals surface area contributed by atoms with Gasteiger partial charge in [-0.05, 0) is 56.5 Å². The minimum absolute atomic E-state index is 0.0431. The van der Waals surface area contributed by atoms with Crippen molar-refractivity contribution in [2.75, 3.05) is 0 Å². The van der Waals surface area contributed by atoms with E-state index in [0.29, 0.717) is 0 Å². The van der Waals surface area contributed by atoms with Crippen LogP contribution in [0.3, 0.4) is 0 Å². The second-order valence-corrected chi connectivity index (χ2v) is 7.75. The quantitative estimate of drug-likeness (QED) is 0.496. The highest BCUT2D eigenvalue weighted by atomic mass is 16.3. The largest absolute Gasteiger partial charge is 0.469 e. The maximum absolute atomic E-state index is 12.6. The van der Waals surface area contributed by atoms with Crippen LogP contribution in [0.5, 0.6) is 0 Å². The van der Waals surface area contributed by atoms with E-state index in [1.54, 1.807) is 17.1 Å². The number of carbonyl (C=O) groups is 1. The summed E-state index contributed by atoms with van der Waals surface area (Å²) < 4.78 is 7.05. The third-order valence-corrected chi connectivity index (χ3v) is 5.28. The van der Waals surface area contributed by atoms with Gasteiger partial charge in [0.15, 0.2) is 5.65 Å². The molecule has 0 spiro atoms. The van der Waals surface area contributed by atoms with Crippen molar-refractivity contribution in [3.05, 3.63) is 71.9 Å². The fourth-order valence-electron chi connectivity index (χ4n) is 3.71. The number of carbonyl (C=O) groups excluding carboxylic acids is 1. The molecule has 0 aliphatic heterocycles. The second kappa shape index (κ2) is 8.53. The van der Waals surface area contributed by atoms with Crippen LogP contribution in [0.1, 0.15) is 30.4 Å². The van der Waals surface area contributed by atoms with Crippen LogP contribution < -0.4 is 5.32 Å². The predicted molar refractivity (Wildman–Crippen MR) is 117 cm³/mol. The Morgan fingerprint density at radius 1 is 1.17 bits per heavy atom. The topological polar surface area (TPSA) is 73.0 Å². The molecule has 6 nitrogen and oxygen atoms in total. The summed E-state index contributed by atoms with van der Waals surface area (Å²) in [5.74, 6) is 0.853. The zero-order valence-corrected chi connectivity index (χ0v) is 17.6. The van der Waals surface area contributed by atoms with Crippen molar-refractivity contribution in [1.29, 1.82) is 0 Å². The van der Waals surface area contributed by atoms with Crippen molar-refractivity contribution in [1.82, 2.24) is 20.1 Å². The number of hydrogen-bond donors (Lipinski definition) is 1. The third-order valence-electron chi connectivity index (χ3n) is 5.28. The van der Waals surface area contributed by atoms with Crippen LogP contribution in [-0.4, -0.2) is 26.7 Å². The molecule has 0 aliphatic rings. The van der Waals surface area contributed by atoms with Gasteiger partial charge in [-0.3, -0.25) is 4.79 Å². The summed E-state index contributed by atoms with van der Waals surface area (Å²) >= 11 is 0. The smallest absolute Gasteiger partial charge is 0.242 e. The minimum Gasteiger partial charge on any atom is -0.469 e. The molecule has 4 aromatic rings. The standard InChI is InChI=1S/C24H26N4O2/c1-16-6-9-19(10-7-16)21-12-13-25-24-23(21)18(3)27-28(24)15-22(29)26-17(2)8-11-20-5-4-14-30-20/h4-7,9-10,12-14,17H,8,11,15H2,1-3H3,(H,26,29). The first kappa shape index (κ1) is 19.9. The van der Waals surface area contributed by atoms with Gasteiger partial charge in [0.25, 0.3) is 0 Å². The van der Waals surface area contributed by atoms with Crippen LogP contribution in [0.25, 0.3) is 22.2 Å². The van der Waals surface area contributed by atoms with Gasteiger partial charge in [-0.15, -0.1) is 0 Å². The van der Waals surface area contributed by atoms with Crippen LogP contribution in [0.4, 0.5) is 0 Å². The van der Waals surface area contributed by atoms with Crippen molar-refractivity contribution in [3.63, 3.8) is 0 Å². The number of pyridine rings is 1. The average Bonchev–Trinajstić information content (AvgIpc) is 3.35. The van der Waals surface area contributed by atoms with E-state index in [4.69, 9.17) is 4.42 Å².